The average molecular weight is 266 g/mol. The van der Waals surface area contributed by atoms with Gasteiger partial charge in [0.15, 0.2) is 0 Å². The van der Waals surface area contributed by atoms with Crippen molar-refractivity contribution in [3.8, 4) is 0 Å². The van der Waals surface area contributed by atoms with Gasteiger partial charge in [0.25, 0.3) is 5.91 Å². The summed E-state index contributed by atoms with van der Waals surface area (Å²) in [5.41, 5.74) is 2.82. The molecule has 0 radical (unpaired) electrons. The lowest BCUT2D eigenvalue weighted by Gasteiger charge is -2.30. The van der Waals surface area contributed by atoms with Gasteiger partial charge < -0.3 is 10.0 Å². The van der Waals surface area contributed by atoms with E-state index in [4.69, 9.17) is 5.11 Å². The highest BCUT2D eigenvalue weighted by Gasteiger charge is 2.33. The molecule has 0 unspecified atom stereocenters. The van der Waals surface area contributed by atoms with Gasteiger partial charge in [0, 0.05) is 25.6 Å². The summed E-state index contributed by atoms with van der Waals surface area (Å²) in [6.07, 6.45) is 4.19. The second kappa shape index (κ2) is 4.97. The van der Waals surface area contributed by atoms with Crippen LogP contribution in [0.25, 0.3) is 0 Å². The van der Waals surface area contributed by atoms with Crippen LogP contribution in [0.3, 0.4) is 0 Å². The number of thiazole rings is 1. The first kappa shape index (κ1) is 12.1. The zero-order valence-corrected chi connectivity index (χ0v) is 11.2. The van der Waals surface area contributed by atoms with Gasteiger partial charge >= 0.3 is 0 Å². The maximum absolute atomic E-state index is 12.4. The molecule has 1 aliphatic carbocycles. The summed E-state index contributed by atoms with van der Waals surface area (Å²) >= 11 is 1.47. The van der Waals surface area contributed by atoms with Crippen molar-refractivity contribution < 1.29 is 9.90 Å². The molecule has 5 heteroatoms. The van der Waals surface area contributed by atoms with Crippen molar-refractivity contribution in [3.63, 3.8) is 0 Å². The van der Waals surface area contributed by atoms with Crippen LogP contribution >= 0.6 is 11.3 Å². The van der Waals surface area contributed by atoms with Gasteiger partial charge in [0.1, 0.15) is 4.88 Å². The maximum atomic E-state index is 12.4. The second-order valence-electron chi connectivity index (χ2n) is 5.26. The third kappa shape index (κ3) is 2.29. The predicted octanol–water partition coefficient (Wildman–Crippen LogP) is 1.86. The van der Waals surface area contributed by atoms with Gasteiger partial charge in [0.05, 0.1) is 11.2 Å². The van der Waals surface area contributed by atoms with Gasteiger partial charge in [-0.25, -0.2) is 4.98 Å². The van der Waals surface area contributed by atoms with Crippen molar-refractivity contribution >= 4 is 17.2 Å². The lowest BCUT2D eigenvalue weighted by Crippen LogP contribution is -2.39. The number of rotatable bonds is 3. The molecule has 2 fully saturated rings. The van der Waals surface area contributed by atoms with Crippen LogP contribution in [-0.2, 0) is 0 Å². The van der Waals surface area contributed by atoms with E-state index in [0.29, 0.717) is 11.8 Å². The molecule has 98 valence electrons. The van der Waals surface area contributed by atoms with Crippen molar-refractivity contribution in [2.45, 2.75) is 31.6 Å². The SMILES string of the molecule is O=C(c1scnc1C1CC1)N1CCC(CO)CC1. The molecular weight excluding hydrogens is 248 g/mol. The van der Waals surface area contributed by atoms with Gasteiger partial charge in [-0.3, -0.25) is 4.79 Å². The number of piperidine rings is 1. The third-order valence-electron chi connectivity index (χ3n) is 3.91. The van der Waals surface area contributed by atoms with Crippen LogP contribution in [0, 0.1) is 5.92 Å². The largest absolute Gasteiger partial charge is 0.396 e. The minimum absolute atomic E-state index is 0.149. The lowest BCUT2D eigenvalue weighted by molar-refractivity contribution is 0.0654. The summed E-state index contributed by atoms with van der Waals surface area (Å²) in [5.74, 6) is 1.05. The standard InChI is InChI=1S/C13H18N2O2S/c16-7-9-3-5-15(6-4-9)13(17)12-11(10-1-2-10)14-8-18-12/h8-10,16H,1-7H2. The van der Waals surface area contributed by atoms with Gasteiger partial charge in [-0.1, -0.05) is 0 Å². The maximum Gasteiger partial charge on any atom is 0.265 e. The number of likely N-dealkylation sites (tertiary alicyclic amines) is 1. The zero-order valence-electron chi connectivity index (χ0n) is 10.3. The normalized spacial score (nSPS) is 21.3. The number of hydrogen-bond acceptors (Lipinski definition) is 4. The van der Waals surface area contributed by atoms with Crippen molar-refractivity contribution in [3.05, 3.63) is 16.1 Å². The van der Waals surface area contributed by atoms with Crippen LogP contribution in [0.5, 0.6) is 0 Å². The van der Waals surface area contributed by atoms with Crippen LogP contribution in [0.15, 0.2) is 5.51 Å². The van der Waals surface area contributed by atoms with E-state index < -0.39 is 0 Å². The fraction of sp³-hybridized carbons (Fsp3) is 0.692. The van der Waals surface area contributed by atoms with Crippen LogP contribution in [-0.4, -0.2) is 40.6 Å². The smallest absolute Gasteiger partial charge is 0.265 e. The van der Waals surface area contributed by atoms with Crippen LogP contribution in [0.4, 0.5) is 0 Å². The Hall–Kier alpha value is -0.940. The Morgan fingerprint density at radius 2 is 2.11 bits per heavy atom. The molecule has 1 aromatic heterocycles. The molecule has 1 aliphatic heterocycles. The summed E-state index contributed by atoms with van der Waals surface area (Å²) in [4.78, 5) is 19.6. The summed E-state index contributed by atoms with van der Waals surface area (Å²) in [5, 5.41) is 9.11. The number of amides is 1. The van der Waals surface area contributed by atoms with E-state index in [0.717, 1.165) is 36.5 Å². The number of carbonyl (C=O) groups excluding carboxylic acids is 1. The fourth-order valence-corrected chi connectivity index (χ4v) is 3.37. The number of aliphatic hydroxyl groups excluding tert-OH is 1. The Labute approximate surface area is 111 Å². The quantitative estimate of drug-likeness (QED) is 0.908. The van der Waals surface area contributed by atoms with E-state index >= 15 is 0 Å². The Kier molecular flexibility index (Phi) is 3.35. The molecule has 1 aromatic rings. The number of carbonyl (C=O) groups is 1. The Balaban J connectivity index is 1.69. The summed E-state index contributed by atoms with van der Waals surface area (Å²) in [6, 6.07) is 0. The van der Waals surface area contributed by atoms with Gasteiger partial charge in [-0.15, -0.1) is 11.3 Å². The number of hydrogen-bond donors (Lipinski definition) is 1. The molecule has 1 N–H and O–H groups in total. The molecule has 0 aromatic carbocycles. The molecule has 1 amide bonds. The molecule has 0 bridgehead atoms. The minimum atomic E-state index is 0.149. The molecule has 0 atom stereocenters. The monoisotopic (exact) mass is 266 g/mol. The molecule has 1 saturated carbocycles. The van der Waals surface area contributed by atoms with Gasteiger partial charge in [0.2, 0.25) is 0 Å². The molecule has 0 spiro atoms. The van der Waals surface area contributed by atoms with E-state index in [1.165, 1.54) is 24.2 Å². The molecule has 2 heterocycles. The third-order valence-corrected chi connectivity index (χ3v) is 4.74. The highest BCUT2D eigenvalue weighted by atomic mass is 32.1. The number of aliphatic hydroxyl groups is 1. The van der Waals surface area contributed by atoms with Crippen molar-refractivity contribution in [2.24, 2.45) is 5.92 Å². The highest BCUT2D eigenvalue weighted by Crippen LogP contribution is 2.42. The summed E-state index contributed by atoms with van der Waals surface area (Å²) < 4.78 is 0. The molecule has 1 saturated heterocycles. The van der Waals surface area contributed by atoms with Crippen molar-refractivity contribution in [2.75, 3.05) is 19.7 Å². The van der Waals surface area contributed by atoms with Crippen molar-refractivity contribution in [1.82, 2.24) is 9.88 Å². The topological polar surface area (TPSA) is 53.4 Å². The summed E-state index contributed by atoms with van der Waals surface area (Å²) in [6.45, 7) is 1.79. The molecule has 18 heavy (non-hydrogen) atoms. The van der Waals surface area contributed by atoms with Gasteiger partial charge in [-0.05, 0) is 31.6 Å². The van der Waals surface area contributed by atoms with Gasteiger partial charge in [-0.2, -0.15) is 0 Å². The Bertz CT molecular complexity index is 434. The van der Waals surface area contributed by atoms with E-state index in [-0.39, 0.29) is 12.5 Å². The predicted molar refractivity (Wildman–Crippen MR) is 69.8 cm³/mol. The lowest BCUT2D eigenvalue weighted by atomic mass is 9.98. The molecule has 3 rings (SSSR count). The first-order valence-electron chi connectivity index (χ1n) is 6.63. The zero-order chi connectivity index (χ0) is 12.5. The Morgan fingerprint density at radius 1 is 1.39 bits per heavy atom. The molecule has 2 aliphatic rings. The Morgan fingerprint density at radius 3 is 2.72 bits per heavy atom. The number of aromatic nitrogens is 1. The first-order chi connectivity index (χ1) is 8.79. The molecular formula is C13H18N2O2S. The van der Waals surface area contributed by atoms with Crippen molar-refractivity contribution in [1.29, 1.82) is 0 Å². The van der Waals surface area contributed by atoms with E-state index in [2.05, 4.69) is 4.98 Å². The number of nitrogens with zero attached hydrogens (tertiary/aromatic N) is 2. The average Bonchev–Trinajstić information content (AvgIpc) is 3.15. The fourth-order valence-electron chi connectivity index (χ4n) is 2.52. The second-order valence-corrected chi connectivity index (χ2v) is 6.11. The first-order valence-corrected chi connectivity index (χ1v) is 7.51. The highest BCUT2D eigenvalue weighted by molar-refractivity contribution is 7.11. The molecule has 4 nitrogen and oxygen atoms in total. The minimum Gasteiger partial charge on any atom is -0.396 e. The van der Waals surface area contributed by atoms with Crippen LogP contribution < -0.4 is 0 Å². The summed E-state index contributed by atoms with van der Waals surface area (Å²) in [7, 11) is 0. The van der Waals surface area contributed by atoms with E-state index in [1.807, 2.05) is 4.90 Å². The van der Waals surface area contributed by atoms with E-state index in [1.54, 1.807) is 5.51 Å². The van der Waals surface area contributed by atoms with Crippen LogP contribution in [0.2, 0.25) is 0 Å². The van der Waals surface area contributed by atoms with E-state index in [9.17, 15) is 4.79 Å². The van der Waals surface area contributed by atoms with Crippen LogP contribution in [0.1, 0.15) is 47.0 Å².